The monoisotopic (exact) mass is 319 g/mol. The van der Waals surface area contributed by atoms with Crippen molar-refractivity contribution < 1.29 is 19.1 Å². The molecule has 2 aliphatic rings. The molecule has 0 N–H and O–H groups in total. The summed E-state index contributed by atoms with van der Waals surface area (Å²) in [5.74, 6) is -0.416. The Bertz CT molecular complexity index is 732. The van der Waals surface area contributed by atoms with Crippen molar-refractivity contribution in [3.05, 3.63) is 28.2 Å². The molecule has 0 saturated carbocycles. The molecule has 3 rings (SSSR count). The van der Waals surface area contributed by atoms with E-state index in [-0.39, 0.29) is 53.5 Å². The lowest BCUT2D eigenvalue weighted by Crippen LogP contribution is -2.62. The fourth-order valence-corrected chi connectivity index (χ4v) is 2.90. The molecular formula is C15H17N3O5. The zero-order valence-electron chi connectivity index (χ0n) is 12.9. The fourth-order valence-electron chi connectivity index (χ4n) is 2.90. The van der Waals surface area contributed by atoms with Crippen molar-refractivity contribution in [2.24, 2.45) is 7.05 Å². The number of likely N-dealkylation sites (tertiary alicyclic amines) is 2. The number of pyridine rings is 1. The second-order valence-corrected chi connectivity index (χ2v) is 5.73. The van der Waals surface area contributed by atoms with Gasteiger partial charge in [0.05, 0.1) is 18.7 Å². The van der Waals surface area contributed by atoms with Crippen molar-refractivity contribution in [2.45, 2.75) is 18.9 Å². The van der Waals surface area contributed by atoms with E-state index in [1.54, 1.807) is 7.05 Å². The van der Waals surface area contributed by atoms with E-state index in [0.717, 1.165) is 0 Å². The maximum atomic E-state index is 12.5. The van der Waals surface area contributed by atoms with Crippen molar-refractivity contribution >= 4 is 17.7 Å². The molecule has 122 valence electrons. The lowest BCUT2D eigenvalue weighted by Gasteiger charge is -2.43. The first kappa shape index (κ1) is 15.3. The van der Waals surface area contributed by atoms with Crippen LogP contribution in [-0.2, 0) is 16.6 Å². The Labute approximate surface area is 132 Å². The Balaban J connectivity index is 1.74. The van der Waals surface area contributed by atoms with E-state index < -0.39 is 0 Å². The van der Waals surface area contributed by atoms with Crippen molar-refractivity contribution in [3.8, 4) is 5.75 Å². The summed E-state index contributed by atoms with van der Waals surface area (Å²) in [5.41, 5.74) is 0.0141. The highest BCUT2D eigenvalue weighted by Crippen LogP contribution is 2.25. The van der Waals surface area contributed by atoms with E-state index in [1.807, 2.05) is 0 Å². The fraction of sp³-hybridized carbons (Fsp3) is 0.467. The number of imide groups is 1. The lowest BCUT2D eigenvalue weighted by atomic mass is 10.1. The van der Waals surface area contributed by atoms with E-state index in [2.05, 4.69) is 0 Å². The minimum Gasteiger partial charge on any atom is -0.496 e. The van der Waals surface area contributed by atoms with Crippen LogP contribution in [0.25, 0.3) is 0 Å². The normalized spacial score (nSPS) is 18.3. The van der Waals surface area contributed by atoms with Crippen LogP contribution < -0.4 is 10.3 Å². The van der Waals surface area contributed by atoms with Crippen LogP contribution in [0.5, 0.6) is 5.75 Å². The number of amides is 3. The number of hydrogen-bond donors (Lipinski definition) is 0. The molecule has 3 heterocycles. The maximum absolute atomic E-state index is 12.5. The van der Waals surface area contributed by atoms with Crippen LogP contribution in [0.4, 0.5) is 0 Å². The summed E-state index contributed by atoms with van der Waals surface area (Å²) >= 11 is 0. The Hall–Kier alpha value is -2.64. The van der Waals surface area contributed by atoms with Crippen LogP contribution in [-0.4, -0.2) is 58.3 Å². The third kappa shape index (κ3) is 2.49. The molecule has 3 amide bonds. The first-order chi connectivity index (χ1) is 10.9. The average molecular weight is 319 g/mol. The zero-order valence-corrected chi connectivity index (χ0v) is 12.9. The van der Waals surface area contributed by atoms with Crippen molar-refractivity contribution in [2.75, 3.05) is 20.2 Å². The standard InChI is InChI=1S/C15H17N3O5/c1-16-8-10(11(23-2)5-14(16)21)15(22)17-6-9(7-17)18-12(19)3-4-13(18)20/h5,8-9H,3-4,6-7H2,1-2H3. The van der Waals surface area contributed by atoms with Gasteiger partial charge in [0.25, 0.3) is 11.5 Å². The van der Waals surface area contributed by atoms with Crippen LogP contribution in [0, 0.1) is 0 Å². The summed E-state index contributed by atoms with van der Waals surface area (Å²) in [6.45, 7) is 0.616. The molecule has 0 unspecified atom stereocenters. The number of ether oxygens (including phenoxy) is 1. The van der Waals surface area contributed by atoms with E-state index >= 15 is 0 Å². The van der Waals surface area contributed by atoms with Gasteiger partial charge >= 0.3 is 0 Å². The van der Waals surface area contributed by atoms with Gasteiger partial charge < -0.3 is 14.2 Å². The maximum Gasteiger partial charge on any atom is 0.259 e. The van der Waals surface area contributed by atoms with Crippen molar-refractivity contribution in [1.29, 1.82) is 0 Å². The summed E-state index contributed by atoms with van der Waals surface area (Å²) in [7, 11) is 2.95. The van der Waals surface area contributed by atoms with Crippen molar-refractivity contribution in [1.82, 2.24) is 14.4 Å². The molecule has 0 bridgehead atoms. The second-order valence-electron chi connectivity index (χ2n) is 5.73. The first-order valence-corrected chi connectivity index (χ1v) is 7.31. The molecule has 2 aliphatic heterocycles. The average Bonchev–Trinajstić information content (AvgIpc) is 2.80. The Morgan fingerprint density at radius 2 is 1.78 bits per heavy atom. The molecule has 8 nitrogen and oxygen atoms in total. The Morgan fingerprint density at radius 1 is 1.17 bits per heavy atom. The Morgan fingerprint density at radius 3 is 2.35 bits per heavy atom. The van der Waals surface area contributed by atoms with Gasteiger partial charge in [-0.1, -0.05) is 0 Å². The Kier molecular flexibility index (Phi) is 3.67. The molecular weight excluding hydrogens is 302 g/mol. The topological polar surface area (TPSA) is 88.9 Å². The van der Waals surface area contributed by atoms with Gasteiger partial charge in [-0.25, -0.2) is 0 Å². The zero-order chi connectivity index (χ0) is 16.7. The summed E-state index contributed by atoms with van der Waals surface area (Å²) in [4.78, 5) is 50.3. The third-order valence-corrected chi connectivity index (χ3v) is 4.25. The van der Waals surface area contributed by atoms with Gasteiger partial charge in [-0.05, 0) is 0 Å². The molecule has 0 aliphatic carbocycles. The van der Waals surface area contributed by atoms with Crippen LogP contribution in [0.1, 0.15) is 23.2 Å². The third-order valence-electron chi connectivity index (χ3n) is 4.25. The van der Waals surface area contributed by atoms with Gasteiger partial charge in [-0.2, -0.15) is 0 Å². The minimum absolute atomic E-state index is 0.174. The highest BCUT2D eigenvalue weighted by Gasteiger charge is 2.43. The molecule has 2 saturated heterocycles. The smallest absolute Gasteiger partial charge is 0.259 e. The summed E-state index contributed by atoms with van der Waals surface area (Å²) in [5, 5.41) is 0. The molecule has 8 heteroatoms. The number of aromatic nitrogens is 1. The quantitative estimate of drug-likeness (QED) is 0.692. The second kappa shape index (κ2) is 5.53. The largest absolute Gasteiger partial charge is 0.496 e. The summed E-state index contributed by atoms with van der Waals surface area (Å²) < 4.78 is 6.41. The lowest BCUT2D eigenvalue weighted by molar-refractivity contribution is -0.144. The number of carbonyl (C=O) groups is 3. The number of carbonyl (C=O) groups excluding carboxylic acids is 3. The number of methoxy groups -OCH3 is 1. The predicted molar refractivity (Wildman–Crippen MR) is 79.0 cm³/mol. The van der Waals surface area contributed by atoms with Gasteiger partial charge in [0, 0.05) is 45.2 Å². The molecule has 1 aromatic heterocycles. The van der Waals surface area contributed by atoms with E-state index in [4.69, 9.17) is 4.74 Å². The highest BCUT2D eigenvalue weighted by molar-refractivity contribution is 6.03. The molecule has 1 aromatic rings. The minimum atomic E-state index is -0.284. The molecule has 0 atom stereocenters. The van der Waals surface area contributed by atoms with Gasteiger partial charge in [-0.15, -0.1) is 0 Å². The first-order valence-electron chi connectivity index (χ1n) is 7.31. The van der Waals surface area contributed by atoms with Crippen LogP contribution >= 0.6 is 0 Å². The van der Waals surface area contributed by atoms with Crippen LogP contribution in [0.2, 0.25) is 0 Å². The number of hydrogen-bond acceptors (Lipinski definition) is 5. The SMILES string of the molecule is COc1cc(=O)n(C)cc1C(=O)N1CC(N2C(=O)CCC2=O)C1. The van der Waals surface area contributed by atoms with E-state index in [0.29, 0.717) is 13.1 Å². The number of aryl methyl sites for hydroxylation is 1. The number of nitrogens with zero attached hydrogens (tertiary/aromatic N) is 3. The number of rotatable bonds is 3. The molecule has 23 heavy (non-hydrogen) atoms. The molecule has 0 radical (unpaired) electrons. The predicted octanol–water partition coefficient (Wildman–Crippen LogP) is -0.633. The molecule has 0 spiro atoms. The highest BCUT2D eigenvalue weighted by atomic mass is 16.5. The van der Waals surface area contributed by atoms with Crippen LogP contribution in [0.3, 0.4) is 0 Å². The van der Waals surface area contributed by atoms with Crippen molar-refractivity contribution in [3.63, 3.8) is 0 Å². The molecule has 0 aromatic carbocycles. The summed E-state index contributed by atoms with van der Waals surface area (Å²) in [6, 6.07) is 1.01. The van der Waals surface area contributed by atoms with Gasteiger partial charge in [0.15, 0.2) is 0 Å². The van der Waals surface area contributed by atoms with E-state index in [9.17, 15) is 19.2 Å². The summed E-state index contributed by atoms with van der Waals surface area (Å²) in [6.07, 6.45) is 1.93. The van der Waals surface area contributed by atoms with Gasteiger partial charge in [0.2, 0.25) is 11.8 Å². The van der Waals surface area contributed by atoms with Gasteiger partial charge in [-0.3, -0.25) is 24.1 Å². The molecule has 2 fully saturated rings. The van der Waals surface area contributed by atoms with Crippen LogP contribution in [0.15, 0.2) is 17.1 Å². The van der Waals surface area contributed by atoms with Gasteiger partial charge in [0.1, 0.15) is 5.75 Å². The van der Waals surface area contributed by atoms with E-state index in [1.165, 1.54) is 33.7 Å².